The minimum Gasteiger partial charge on any atom is -0.383 e. The van der Waals surface area contributed by atoms with Gasteiger partial charge < -0.3 is 15.0 Å². The van der Waals surface area contributed by atoms with Gasteiger partial charge in [0, 0.05) is 33.3 Å². The van der Waals surface area contributed by atoms with Gasteiger partial charge in [0.15, 0.2) is 0 Å². The predicted octanol–water partition coefficient (Wildman–Crippen LogP) is 3.33. The third kappa shape index (κ3) is 5.59. The van der Waals surface area contributed by atoms with Crippen LogP contribution in [0.15, 0.2) is 12.1 Å². The zero-order valence-corrected chi connectivity index (χ0v) is 13.2. The van der Waals surface area contributed by atoms with Crippen molar-refractivity contribution in [2.24, 2.45) is 0 Å². The largest absolute Gasteiger partial charge is 0.383 e. The van der Waals surface area contributed by atoms with Crippen LogP contribution in [0.2, 0.25) is 0 Å². The molecule has 0 bridgehead atoms. The lowest BCUT2D eigenvalue weighted by molar-refractivity contribution is 0.199. The van der Waals surface area contributed by atoms with Crippen LogP contribution in [0.25, 0.3) is 0 Å². The standard InChI is InChI=1S/C16H26F2N2O/c1-4-7-20(8-5-2)16-14(17)10-13(11-15(16)18)12-19-6-9-21-3/h10-11,19H,4-9,12H2,1-3H3. The normalized spacial score (nSPS) is 10.9. The number of hydrogen-bond acceptors (Lipinski definition) is 3. The molecule has 0 aliphatic rings. The third-order valence-electron chi connectivity index (χ3n) is 3.19. The fourth-order valence-electron chi connectivity index (χ4n) is 2.30. The van der Waals surface area contributed by atoms with Crippen LogP contribution in [0, 0.1) is 11.6 Å². The average molecular weight is 300 g/mol. The number of nitrogens with one attached hydrogen (secondary N) is 1. The first kappa shape index (κ1) is 17.9. The van der Waals surface area contributed by atoms with Crippen molar-refractivity contribution in [2.45, 2.75) is 33.2 Å². The van der Waals surface area contributed by atoms with Gasteiger partial charge in [0.1, 0.15) is 17.3 Å². The molecule has 0 heterocycles. The van der Waals surface area contributed by atoms with Crippen LogP contribution in [-0.4, -0.2) is 33.4 Å². The molecular formula is C16H26F2N2O. The van der Waals surface area contributed by atoms with E-state index in [0.29, 0.717) is 38.3 Å². The Morgan fingerprint density at radius 2 is 1.67 bits per heavy atom. The summed E-state index contributed by atoms with van der Waals surface area (Å²) in [6.07, 6.45) is 1.72. The number of benzene rings is 1. The van der Waals surface area contributed by atoms with E-state index in [1.807, 2.05) is 13.8 Å². The fraction of sp³-hybridized carbons (Fsp3) is 0.625. The smallest absolute Gasteiger partial charge is 0.149 e. The number of hydrogen-bond donors (Lipinski definition) is 1. The number of nitrogens with zero attached hydrogens (tertiary/aromatic N) is 1. The molecule has 0 aliphatic carbocycles. The summed E-state index contributed by atoms with van der Waals surface area (Å²) in [7, 11) is 1.62. The maximum atomic E-state index is 14.2. The van der Waals surface area contributed by atoms with Gasteiger partial charge in [-0.25, -0.2) is 8.78 Å². The number of methoxy groups -OCH3 is 1. The van der Waals surface area contributed by atoms with E-state index in [2.05, 4.69) is 5.32 Å². The maximum Gasteiger partial charge on any atom is 0.149 e. The minimum absolute atomic E-state index is 0.0966. The Balaban J connectivity index is 2.82. The Hall–Kier alpha value is -1.20. The lowest BCUT2D eigenvalue weighted by atomic mass is 10.1. The highest BCUT2D eigenvalue weighted by Gasteiger charge is 2.17. The van der Waals surface area contributed by atoms with Gasteiger partial charge in [-0.05, 0) is 30.5 Å². The molecule has 0 radical (unpaired) electrons. The van der Waals surface area contributed by atoms with Crippen LogP contribution in [-0.2, 0) is 11.3 Å². The summed E-state index contributed by atoms with van der Waals surface area (Å²) in [5.74, 6) is -0.971. The van der Waals surface area contributed by atoms with Crippen LogP contribution in [0.1, 0.15) is 32.3 Å². The molecule has 0 aromatic heterocycles. The summed E-state index contributed by atoms with van der Waals surface area (Å²) in [5.41, 5.74) is 0.706. The Morgan fingerprint density at radius 3 is 2.14 bits per heavy atom. The lowest BCUT2D eigenvalue weighted by Crippen LogP contribution is -2.27. The monoisotopic (exact) mass is 300 g/mol. The van der Waals surface area contributed by atoms with Crippen molar-refractivity contribution in [2.75, 3.05) is 38.3 Å². The second kappa shape index (κ2) is 9.68. The Bertz CT molecular complexity index is 398. The zero-order chi connectivity index (χ0) is 15.7. The summed E-state index contributed by atoms with van der Waals surface area (Å²) in [6.45, 7) is 6.99. The van der Waals surface area contributed by atoms with Crippen molar-refractivity contribution in [1.29, 1.82) is 0 Å². The van der Waals surface area contributed by atoms with Crippen molar-refractivity contribution >= 4 is 5.69 Å². The molecule has 0 unspecified atom stereocenters. The quantitative estimate of drug-likeness (QED) is 0.671. The van der Waals surface area contributed by atoms with Gasteiger partial charge >= 0.3 is 0 Å². The molecule has 0 fully saturated rings. The molecule has 3 nitrogen and oxygen atoms in total. The molecule has 1 rings (SSSR count). The fourth-order valence-corrected chi connectivity index (χ4v) is 2.30. The van der Waals surface area contributed by atoms with E-state index < -0.39 is 11.6 Å². The minimum atomic E-state index is -0.486. The third-order valence-corrected chi connectivity index (χ3v) is 3.19. The van der Waals surface area contributed by atoms with Crippen LogP contribution >= 0.6 is 0 Å². The Labute approximate surface area is 126 Å². The molecule has 0 amide bonds. The molecule has 0 saturated heterocycles. The van der Waals surface area contributed by atoms with E-state index in [1.165, 1.54) is 12.1 Å². The van der Waals surface area contributed by atoms with Gasteiger partial charge in [0.2, 0.25) is 0 Å². The molecule has 1 aromatic carbocycles. The highest BCUT2D eigenvalue weighted by Crippen LogP contribution is 2.25. The molecular weight excluding hydrogens is 274 g/mol. The predicted molar refractivity (Wildman–Crippen MR) is 82.7 cm³/mol. The second-order valence-corrected chi connectivity index (χ2v) is 5.06. The topological polar surface area (TPSA) is 24.5 Å². The van der Waals surface area contributed by atoms with E-state index in [-0.39, 0.29) is 5.69 Å². The second-order valence-electron chi connectivity index (χ2n) is 5.06. The molecule has 0 saturated carbocycles. The highest BCUT2D eigenvalue weighted by atomic mass is 19.1. The first-order valence-corrected chi connectivity index (χ1v) is 7.56. The van der Waals surface area contributed by atoms with Crippen LogP contribution in [0.5, 0.6) is 0 Å². The number of rotatable bonds is 10. The van der Waals surface area contributed by atoms with Crippen LogP contribution < -0.4 is 10.2 Å². The molecule has 0 spiro atoms. The van der Waals surface area contributed by atoms with Crippen molar-refractivity contribution in [1.82, 2.24) is 5.32 Å². The van der Waals surface area contributed by atoms with Gasteiger partial charge in [-0.3, -0.25) is 0 Å². The first-order valence-electron chi connectivity index (χ1n) is 7.56. The summed E-state index contributed by atoms with van der Waals surface area (Å²) in [4.78, 5) is 1.78. The first-order chi connectivity index (χ1) is 10.1. The lowest BCUT2D eigenvalue weighted by Gasteiger charge is -2.25. The van der Waals surface area contributed by atoms with E-state index in [4.69, 9.17) is 4.74 Å². The number of ether oxygens (including phenoxy) is 1. The molecule has 1 N–H and O–H groups in total. The summed E-state index contributed by atoms with van der Waals surface area (Å²) >= 11 is 0. The van der Waals surface area contributed by atoms with Gasteiger partial charge in [-0.1, -0.05) is 13.8 Å². The molecule has 1 aromatic rings. The summed E-state index contributed by atoms with van der Waals surface area (Å²) in [6, 6.07) is 2.83. The van der Waals surface area contributed by atoms with Crippen molar-refractivity contribution in [3.8, 4) is 0 Å². The molecule has 120 valence electrons. The van der Waals surface area contributed by atoms with E-state index in [1.54, 1.807) is 12.0 Å². The maximum absolute atomic E-state index is 14.2. The average Bonchev–Trinajstić information content (AvgIpc) is 2.43. The van der Waals surface area contributed by atoms with Crippen molar-refractivity contribution < 1.29 is 13.5 Å². The van der Waals surface area contributed by atoms with Crippen molar-refractivity contribution in [3.63, 3.8) is 0 Å². The van der Waals surface area contributed by atoms with Crippen LogP contribution in [0.3, 0.4) is 0 Å². The molecule has 21 heavy (non-hydrogen) atoms. The van der Waals surface area contributed by atoms with Crippen LogP contribution in [0.4, 0.5) is 14.5 Å². The van der Waals surface area contributed by atoms with Gasteiger partial charge in [0.05, 0.1) is 6.61 Å². The van der Waals surface area contributed by atoms with Crippen molar-refractivity contribution in [3.05, 3.63) is 29.3 Å². The van der Waals surface area contributed by atoms with Gasteiger partial charge in [0.25, 0.3) is 0 Å². The zero-order valence-electron chi connectivity index (χ0n) is 13.2. The van der Waals surface area contributed by atoms with E-state index in [0.717, 1.165) is 12.8 Å². The van der Waals surface area contributed by atoms with Gasteiger partial charge in [-0.2, -0.15) is 0 Å². The molecule has 5 heteroatoms. The number of anilines is 1. The molecule has 0 atom stereocenters. The summed E-state index contributed by atoms with van der Waals surface area (Å²) in [5, 5.41) is 3.08. The Morgan fingerprint density at radius 1 is 1.10 bits per heavy atom. The van der Waals surface area contributed by atoms with Gasteiger partial charge in [-0.15, -0.1) is 0 Å². The molecule has 0 aliphatic heterocycles. The highest BCUT2D eigenvalue weighted by molar-refractivity contribution is 5.50. The summed E-state index contributed by atoms with van der Waals surface area (Å²) < 4.78 is 33.4. The SMILES string of the molecule is CCCN(CCC)c1c(F)cc(CNCCOC)cc1F. The van der Waals surface area contributed by atoms with E-state index >= 15 is 0 Å². The number of halogens is 2. The van der Waals surface area contributed by atoms with E-state index in [9.17, 15) is 8.78 Å². The Kier molecular flexibility index (Phi) is 8.23.